The average molecular weight is 288 g/mol. The number of hydrogen-bond acceptors (Lipinski definition) is 6. The van der Waals surface area contributed by atoms with E-state index in [1.165, 1.54) is 0 Å². The minimum Gasteiger partial charge on any atom is -0.349 e. The van der Waals surface area contributed by atoms with Crippen LogP contribution in [0.4, 0.5) is 17.5 Å². The van der Waals surface area contributed by atoms with Gasteiger partial charge in [-0.3, -0.25) is 4.79 Å². The van der Waals surface area contributed by atoms with Gasteiger partial charge in [0.15, 0.2) is 5.82 Å². The maximum atomic E-state index is 12.4. The van der Waals surface area contributed by atoms with E-state index in [0.29, 0.717) is 12.0 Å². The SMILES string of the molecule is C[C@H]1C(=O)N2CCCc3nc(NC4CNC4)nc(c32)N1C. The number of anilines is 3. The molecule has 112 valence electrons. The molecular formula is C14H20N6O. The zero-order valence-electron chi connectivity index (χ0n) is 12.4. The molecule has 0 spiro atoms. The van der Waals surface area contributed by atoms with Gasteiger partial charge in [-0.25, -0.2) is 4.98 Å². The van der Waals surface area contributed by atoms with E-state index in [4.69, 9.17) is 0 Å². The number of likely N-dealkylation sites (N-methyl/N-ethyl adjacent to an activating group) is 1. The topological polar surface area (TPSA) is 73.4 Å². The van der Waals surface area contributed by atoms with Crippen LogP contribution < -0.4 is 20.4 Å². The first-order valence-electron chi connectivity index (χ1n) is 7.57. The molecule has 4 heterocycles. The van der Waals surface area contributed by atoms with Gasteiger partial charge in [-0.2, -0.15) is 4.98 Å². The number of aryl methyl sites for hydroxylation is 1. The second-order valence-electron chi connectivity index (χ2n) is 6.05. The van der Waals surface area contributed by atoms with Gasteiger partial charge >= 0.3 is 0 Å². The van der Waals surface area contributed by atoms with Crippen molar-refractivity contribution in [3.05, 3.63) is 5.69 Å². The predicted octanol–water partition coefficient (Wildman–Crippen LogP) is -0.0222. The summed E-state index contributed by atoms with van der Waals surface area (Å²) in [6, 6.07) is 0.236. The predicted molar refractivity (Wildman–Crippen MR) is 80.9 cm³/mol. The van der Waals surface area contributed by atoms with Crippen molar-refractivity contribution in [1.82, 2.24) is 15.3 Å². The van der Waals surface area contributed by atoms with Crippen LogP contribution in [0.25, 0.3) is 0 Å². The molecule has 1 fully saturated rings. The highest BCUT2D eigenvalue weighted by atomic mass is 16.2. The average Bonchev–Trinajstić information content (AvgIpc) is 2.46. The summed E-state index contributed by atoms with van der Waals surface area (Å²) < 4.78 is 0. The molecule has 21 heavy (non-hydrogen) atoms. The van der Waals surface area contributed by atoms with E-state index in [1.54, 1.807) is 0 Å². The van der Waals surface area contributed by atoms with Crippen LogP contribution in [0.3, 0.4) is 0 Å². The van der Waals surface area contributed by atoms with E-state index in [0.717, 1.165) is 49.7 Å². The molecular weight excluding hydrogens is 268 g/mol. The third kappa shape index (κ3) is 1.87. The van der Waals surface area contributed by atoms with Crippen molar-refractivity contribution in [2.75, 3.05) is 41.8 Å². The Bertz CT molecular complexity index is 599. The van der Waals surface area contributed by atoms with E-state index in [9.17, 15) is 4.79 Å². The number of aromatic nitrogens is 2. The molecule has 1 saturated heterocycles. The summed E-state index contributed by atoms with van der Waals surface area (Å²) in [6.07, 6.45) is 1.88. The molecule has 1 amide bonds. The van der Waals surface area contributed by atoms with Gasteiger partial charge in [-0.1, -0.05) is 0 Å². The molecule has 3 aliphatic heterocycles. The van der Waals surface area contributed by atoms with Gasteiger partial charge in [0.1, 0.15) is 11.7 Å². The molecule has 0 bridgehead atoms. The maximum Gasteiger partial charge on any atom is 0.249 e. The second kappa shape index (κ2) is 4.56. The van der Waals surface area contributed by atoms with Crippen LogP contribution in [0.1, 0.15) is 19.0 Å². The largest absolute Gasteiger partial charge is 0.349 e. The molecule has 3 aliphatic rings. The van der Waals surface area contributed by atoms with Gasteiger partial charge in [-0.15, -0.1) is 0 Å². The van der Waals surface area contributed by atoms with E-state index >= 15 is 0 Å². The fourth-order valence-electron chi connectivity index (χ4n) is 3.13. The van der Waals surface area contributed by atoms with Crippen molar-refractivity contribution in [2.45, 2.75) is 31.8 Å². The van der Waals surface area contributed by atoms with Gasteiger partial charge in [0.05, 0.1) is 11.7 Å². The Morgan fingerprint density at radius 2 is 2.14 bits per heavy atom. The summed E-state index contributed by atoms with van der Waals surface area (Å²) in [6.45, 7) is 4.61. The normalized spacial score (nSPS) is 24.7. The van der Waals surface area contributed by atoms with Gasteiger partial charge in [0.2, 0.25) is 11.9 Å². The summed E-state index contributed by atoms with van der Waals surface area (Å²) in [4.78, 5) is 25.6. The van der Waals surface area contributed by atoms with Crippen LogP contribution in [-0.4, -0.2) is 54.6 Å². The van der Waals surface area contributed by atoms with Gasteiger partial charge in [0, 0.05) is 26.7 Å². The van der Waals surface area contributed by atoms with Crippen LogP contribution in [0.2, 0.25) is 0 Å². The van der Waals surface area contributed by atoms with E-state index in [1.807, 2.05) is 23.8 Å². The summed E-state index contributed by atoms with van der Waals surface area (Å²) in [5.74, 6) is 1.71. The van der Waals surface area contributed by atoms with Crippen molar-refractivity contribution in [2.24, 2.45) is 0 Å². The molecule has 0 saturated carbocycles. The monoisotopic (exact) mass is 288 g/mol. The van der Waals surface area contributed by atoms with Crippen molar-refractivity contribution in [1.29, 1.82) is 0 Å². The van der Waals surface area contributed by atoms with E-state index in [-0.39, 0.29) is 11.9 Å². The third-order valence-electron chi connectivity index (χ3n) is 4.66. The molecule has 1 atom stereocenters. The van der Waals surface area contributed by atoms with Crippen molar-refractivity contribution >= 4 is 23.4 Å². The first-order valence-corrected chi connectivity index (χ1v) is 7.57. The molecule has 7 nitrogen and oxygen atoms in total. The Balaban J connectivity index is 1.78. The highest BCUT2D eigenvalue weighted by molar-refractivity contribution is 6.05. The lowest BCUT2D eigenvalue weighted by Crippen LogP contribution is -2.53. The number of hydrogen-bond donors (Lipinski definition) is 2. The minimum absolute atomic E-state index is 0.151. The first-order chi connectivity index (χ1) is 10.1. The van der Waals surface area contributed by atoms with Crippen LogP contribution in [0.5, 0.6) is 0 Å². The molecule has 0 aliphatic carbocycles. The molecule has 0 unspecified atom stereocenters. The Kier molecular flexibility index (Phi) is 2.78. The zero-order chi connectivity index (χ0) is 14.6. The van der Waals surface area contributed by atoms with Crippen molar-refractivity contribution in [3.8, 4) is 0 Å². The lowest BCUT2D eigenvalue weighted by molar-refractivity contribution is -0.119. The number of carbonyl (C=O) groups excluding carboxylic acids is 1. The van der Waals surface area contributed by atoms with Crippen LogP contribution in [-0.2, 0) is 11.2 Å². The Labute approximate surface area is 123 Å². The Morgan fingerprint density at radius 1 is 1.33 bits per heavy atom. The minimum atomic E-state index is -0.170. The molecule has 1 aromatic heterocycles. The fraction of sp³-hybridized carbons (Fsp3) is 0.643. The van der Waals surface area contributed by atoms with Crippen molar-refractivity contribution < 1.29 is 4.79 Å². The maximum absolute atomic E-state index is 12.4. The third-order valence-corrected chi connectivity index (χ3v) is 4.66. The lowest BCUT2D eigenvalue weighted by atomic mass is 10.0. The van der Waals surface area contributed by atoms with Gasteiger partial charge in [0.25, 0.3) is 0 Å². The Morgan fingerprint density at radius 3 is 2.86 bits per heavy atom. The summed E-state index contributed by atoms with van der Waals surface area (Å²) in [5.41, 5.74) is 1.91. The Hall–Kier alpha value is -1.89. The zero-order valence-corrected chi connectivity index (χ0v) is 12.4. The van der Waals surface area contributed by atoms with Gasteiger partial charge in [-0.05, 0) is 19.8 Å². The summed E-state index contributed by atoms with van der Waals surface area (Å²) in [7, 11) is 1.94. The molecule has 0 radical (unpaired) electrons. The number of nitrogens with one attached hydrogen (secondary N) is 2. The number of nitrogens with zero attached hydrogens (tertiary/aromatic N) is 4. The van der Waals surface area contributed by atoms with E-state index < -0.39 is 0 Å². The number of rotatable bonds is 2. The molecule has 1 aromatic rings. The molecule has 2 N–H and O–H groups in total. The number of carbonyl (C=O) groups is 1. The van der Waals surface area contributed by atoms with Crippen LogP contribution in [0, 0.1) is 0 Å². The highest BCUT2D eigenvalue weighted by Gasteiger charge is 2.39. The lowest BCUT2D eigenvalue weighted by Gasteiger charge is -2.41. The van der Waals surface area contributed by atoms with Crippen molar-refractivity contribution in [3.63, 3.8) is 0 Å². The smallest absolute Gasteiger partial charge is 0.249 e. The quantitative estimate of drug-likeness (QED) is 0.797. The standard InChI is InChI=1S/C14H20N6O/c1-8-13(21)20-5-3-4-10-11(20)12(19(8)2)18-14(17-10)16-9-6-15-7-9/h8-9,15H,3-7H2,1-2H3,(H,16,17,18)/t8-/m0/s1. The first kappa shape index (κ1) is 12.8. The number of amides is 1. The fourth-order valence-corrected chi connectivity index (χ4v) is 3.13. The molecule has 4 rings (SSSR count). The van der Waals surface area contributed by atoms with Crippen LogP contribution in [0.15, 0.2) is 0 Å². The van der Waals surface area contributed by atoms with Crippen LogP contribution >= 0.6 is 0 Å². The molecule has 0 aromatic carbocycles. The molecule has 7 heteroatoms. The van der Waals surface area contributed by atoms with E-state index in [2.05, 4.69) is 20.6 Å². The second-order valence-corrected chi connectivity index (χ2v) is 6.05. The highest BCUT2D eigenvalue weighted by Crippen LogP contribution is 2.39. The summed E-state index contributed by atoms with van der Waals surface area (Å²) >= 11 is 0. The van der Waals surface area contributed by atoms with Gasteiger partial charge < -0.3 is 20.4 Å². The summed E-state index contributed by atoms with van der Waals surface area (Å²) in [5, 5.41) is 6.60.